The highest BCUT2D eigenvalue weighted by atomic mass is 32.2. The standard InChI is InChI=1S/C20H18FN3O4S/c1-28-16-10-8-15(9-11-16)24(29(26,27)17-5-4-12-22-13-17)14-20(25)23-19-7-3-2-6-18(19)21/h2-13H,14H2,1H3,(H,23,25). The third kappa shape index (κ3) is 4.69. The Labute approximate surface area is 167 Å². The van der Waals surface area contributed by atoms with Crippen molar-refractivity contribution in [3.63, 3.8) is 0 Å². The van der Waals surface area contributed by atoms with Gasteiger partial charge in [-0.05, 0) is 48.5 Å². The number of carbonyl (C=O) groups excluding carboxylic acids is 1. The molecule has 3 aromatic rings. The number of aromatic nitrogens is 1. The first-order chi connectivity index (χ1) is 13.9. The van der Waals surface area contributed by atoms with Crippen molar-refractivity contribution >= 4 is 27.3 Å². The lowest BCUT2D eigenvalue weighted by Gasteiger charge is -2.24. The van der Waals surface area contributed by atoms with Gasteiger partial charge >= 0.3 is 0 Å². The molecule has 0 saturated heterocycles. The first-order valence-corrected chi connectivity index (χ1v) is 9.97. The maximum Gasteiger partial charge on any atom is 0.266 e. The van der Waals surface area contributed by atoms with Gasteiger partial charge in [0.05, 0.1) is 18.5 Å². The fraction of sp³-hybridized carbons (Fsp3) is 0.100. The molecule has 0 atom stereocenters. The monoisotopic (exact) mass is 415 g/mol. The summed E-state index contributed by atoms with van der Waals surface area (Å²) in [5.74, 6) is -0.784. The van der Waals surface area contributed by atoms with E-state index in [4.69, 9.17) is 4.74 Å². The second-order valence-corrected chi connectivity index (χ2v) is 7.79. The molecule has 0 bridgehead atoms. The van der Waals surface area contributed by atoms with Crippen molar-refractivity contribution in [2.24, 2.45) is 0 Å². The Morgan fingerprint density at radius 3 is 2.45 bits per heavy atom. The van der Waals surface area contributed by atoms with E-state index in [9.17, 15) is 17.6 Å². The lowest BCUT2D eigenvalue weighted by molar-refractivity contribution is -0.114. The van der Waals surface area contributed by atoms with E-state index in [0.717, 1.165) is 4.31 Å². The SMILES string of the molecule is COc1ccc(N(CC(=O)Nc2ccccc2F)S(=O)(=O)c2cccnc2)cc1. The summed E-state index contributed by atoms with van der Waals surface area (Å²) < 4.78 is 46.1. The van der Waals surface area contributed by atoms with Crippen LogP contribution in [0.3, 0.4) is 0 Å². The van der Waals surface area contributed by atoms with Crippen LogP contribution >= 0.6 is 0 Å². The van der Waals surface area contributed by atoms with E-state index in [-0.39, 0.29) is 16.3 Å². The summed E-state index contributed by atoms with van der Waals surface area (Å²) in [5.41, 5.74) is 0.212. The molecule has 1 heterocycles. The van der Waals surface area contributed by atoms with Crippen LogP contribution in [0.1, 0.15) is 0 Å². The number of hydrogen-bond donors (Lipinski definition) is 1. The number of hydrogen-bond acceptors (Lipinski definition) is 5. The molecule has 29 heavy (non-hydrogen) atoms. The fourth-order valence-corrected chi connectivity index (χ4v) is 3.96. The molecule has 150 valence electrons. The highest BCUT2D eigenvalue weighted by molar-refractivity contribution is 7.92. The molecule has 0 spiro atoms. The van der Waals surface area contributed by atoms with Gasteiger partial charge in [-0.25, -0.2) is 12.8 Å². The minimum Gasteiger partial charge on any atom is -0.497 e. The average molecular weight is 415 g/mol. The van der Waals surface area contributed by atoms with Gasteiger partial charge in [0.15, 0.2) is 0 Å². The van der Waals surface area contributed by atoms with Crippen LogP contribution in [0.5, 0.6) is 5.75 Å². The van der Waals surface area contributed by atoms with Gasteiger partial charge in [0, 0.05) is 12.4 Å². The number of benzene rings is 2. The number of methoxy groups -OCH3 is 1. The van der Waals surface area contributed by atoms with Gasteiger partial charge in [-0.2, -0.15) is 0 Å². The highest BCUT2D eigenvalue weighted by Crippen LogP contribution is 2.25. The summed E-state index contributed by atoms with van der Waals surface area (Å²) in [5, 5.41) is 2.40. The van der Waals surface area contributed by atoms with Gasteiger partial charge < -0.3 is 10.1 Å². The van der Waals surface area contributed by atoms with E-state index in [0.29, 0.717) is 5.75 Å². The van der Waals surface area contributed by atoms with Crippen molar-refractivity contribution in [2.45, 2.75) is 4.90 Å². The molecule has 0 radical (unpaired) electrons. The molecule has 0 aliphatic rings. The quantitative estimate of drug-likeness (QED) is 0.641. The Balaban J connectivity index is 1.94. The van der Waals surface area contributed by atoms with Gasteiger partial charge in [0.25, 0.3) is 10.0 Å². The maximum absolute atomic E-state index is 13.8. The van der Waals surface area contributed by atoms with Gasteiger partial charge in [0.2, 0.25) is 5.91 Å². The third-order valence-corrected chi connectivity index (χ3v) is 5.78. The number of nitrogens with one attached hydrogen (secondary N) is 1. The Morgan fingerprint density at radius 1 is 1.10 bits per heavy atom. The lowest BCUT2D eigenvalue weighted by Crippen LogP contribution is -2.38. The maximum atomic E-state index is 13.8. The zero-order valence-electron chi connectivity index (χ0n) is 15.4. The van der Waals surface area contributed by atoms with Crippen LogP contribution in [-0.2, 0) is 14.8 Å². The smallest absolute Gasteiger partial charge is 0.266 e. The summed E-state index contributed by atoms with van der Waals surface area (Å²) in [6.07, 6.45) is 2.64. The minimum atomic E-state index is -4.10. The second kappa shape index (κ2) is 8.70. The predicted octanol–water partition coefficient (Wildman–Crippen LogP) is 3.06. The number of anilines is 2. The molecule has 0 aliphatic carbocycles. The number of para-hydroxylation sites is 1. The van der Waals surface area contributed by atoms with Crippen LogP contribution in [0.25, 0.3) is 0 Å². The summed E-state index contributed by atoms with van der Waals surface area (Å²) in [7, 11) is -2.61. The Morgan fingerprint density at radius 2 is 1.83 bits per heavy atom. The Kier molecular flexibility index (Phi) is 6.08. The number of pyridine rings is 1. The molecule has 7 nitrogen and oxygen atoms in total. The fourth-order valence-electron chi connectivity index (χ4n) is 2.57. The molecule has 3 rings (SSSR count). The van der Waals surface area contributed by atoms with E-state index in [2.05, 4.69) is 10.3 Å². The number of amides is 1. The van der Waals surface area contributed by atoms with Gasteiger partial charge in [-0.3, -0.25) is 14.1 Å². The molecule has 1 aromatic heterocycles. The molecule has 0 aliphatic heterocycles. The lowest BCUT2D eigenvalue weighted by atomic mass is 10.3. The molecule has 1 N–H and O–H groups in total. The minimum absolute atomic E-state index is 0.0362. The highest BCUT2D eigenvalue weighted by Gasteiger charge is 2.27. The van der Waals surface area contributed by atoms with Crippen molar-refractivity contribution in [1.29, 1.82) is 0 Å². The van der Waals surface area contributed by atoms with E-state index in [1.54, 1.807) is 18.2 Å². The summed E-state index contributed by atoms with van der Waals surface area (Å²) in [4.78, 5) is 16.3. The van der Waals surface area contributed by atoms with E-state index in [1.807, 2.05) is 0 Å². The van der Waals surface area contributed by atoms with Crippen LogP contribution in [0.4, 0.5) is 15.8 Å². The zero-order valence-corrected chi connectivity index (χ0v) is 16.3. The number of halogens is 1. The topological polar surface area (TPSA) is 88.6 Å². The summed E-state index contributed by atoms with van der Waals surface area (Å²) in [6, 6.07) is 14.7. The number of sulfonamides is 1. The Hall–Kier alpha value is -3.46. The first kappa shape index (κ1) is 20.3. The van der Waals surface area contributed by atoms with E-state index >= 15 is 0 Å². The van der Waals surface area contributed by atoms with Crippen LogP contribution in [0.15, 0.2) is 78.0 Å². The molecule has 0 fully saturated rings. The average Bonchev–Trinajstić information content (AvgIpc) is 2.74. The van der Waals surface area contributed by atoms with Crippen molar-refractivity contribution in [1.82, 2.24) is 4.98 Å². The first-order valence-electron chi connectivity index (χ1n) is 8.53. The number of ether oxygens (including phenoxy) is 1. The van der Waals surface area contributed by atoms with E-state index in [1.165, 1.54) is 62.0 Å². The van der Waals surface area contributed by atoms with Crippen molar-refractivity contribution in [2.75, 3.05) is 23.3 Å². The van der Waals surface area contributed by atoms with Crippen molar-refractivity contribution in [3.8, 4) is 5.75 Å². The molecular formula is C20H18FN3O4S. The summed E-state index contributed by atoms with van der Waals surface area (Å²) >= 11 is 0. The number of nitrogens with zero attached hydrogens (tertiary/aromatic N) is 2. The molecular weight excluding hydrogens is 397 g/mol. The normalized spacial score (nSPS) is 11.0. The van der Waals surface area contributed by atoms with Crippen LogP contribution < -0.4 is 14.4 Å². The molecule has 9 heteroatoms. The number of carbonyl (C=O) groups is 1. The van der Waals surface area contributed by atoms with Crippen LogP contribution in [0.2, 0.25) is 0 Å². The van der Waals surface area contributed by atoms with Gasteiger partial charge in [0.1, 0.15) is 23.0 Å². The van der Waals surface area contributed by atoms with Gasteiger partial charge in [-0.1, -0.05) is 12.1 Å². The molecule has 2 aromatic carbocycles. The molecule has 1 amide bonds. The summed E-state index contributed by atoms with van der Waals surface area (Å²) in [6.45, 7) is -0.558. The number of rotatable bonds is 7. The van der Waals surface area contributed by atoms with Crippen LogP contribution in [-0.4, -0.2) is 33.0 Å². The largest absolute Gasteiger partial charge is 0.497 e. The van der Waals surface area contributed by atoms with E-state index < -0.39 is 28.3 Å². The van der Waals surface area contributed by atoms with Crippen molar-refractivity contribution in [3.05, 3.63) is 78.9 Å². The van der Waals surface area contributed by atoms with Crippen LogP contribution in [0, 0.1) is 5.82 Å². The molecule has 0 unspecified atom stereocenters. The van der Waals surface area contributed by atoms with Crippen molar-refractivity contribution < 1.29 is 22.3 Å². The molecule has 0 saturated carbocycles. The predicted molar refractivity (Wildman–Crippen MR) is 107 cm³/mol. The zero-order chi connectivity index (χ0) is 20.9. The van der Waals surface area contributed by atoms with Gasteiger partial charge in [-0.15, -0.1) is 0 Å². The third-order valence-electron chi connectivity index (χ3n) is 4.02. The second-order valence-electron chi connectivity index (χ2n) is 5.93. The Bertz CT molecular complexity index is 1090.